The highest BCUT2D eigenvalue weighted by molar-refractivity contribution is 6.33. The molecule has 2 aromatic carbocycles. The van der Waals surface area contributed by atoms with Gasteiger partial charge in [0.05, 0.1) is 22.0 Å². The maximum absolute atomic E-state index is 13.1. The number of nitrogens with one attached hydrogen (secondary N) is 1. The molecule has 0 spiro atoms. The highest BCUT2D eigenvalue weighted by atomic mass is 35.5. The van der Waals surface area contributed by atoms with Crippen molar-refractivity contribution in [2.24, 2.45) is 0 Å². The smallest absolute Gasteiger partial charge is 0.340 e. The lowest BCUT2D eigenvalue weighted by Gasteiger charge is -2.41. The molecule has 1 N–H and O–H groups in total. The summed E-state index contributed by atoms with van der Waals surface area (Å²) in [6.07, 6.45) is 0. The molecule has 140 valence electrons. The van der Waals surface area contributed by atoms with Gasteiger partial charge in [-0.25, -0.2) is 9.18 Å². The largest absolute Gasteiger partial charge is 0.452 e. The van der Waals surface area contributed by atoms with Gasteiger partial charge in [-0.2, -0.15) is 0 Å². The first kappa shape index (κ1) is 18.8. The molecule has 6 nitrogen and oxygen atoms in total. The van der Waals surface area contributed by atoms with E-state index < -0.39 is 29.8 Å². The first-order valence-corrected chi connectivity index (χ1v) is 8.45. The number of nitrogens with zero attached hydrogens (tertiary/aromatic N) is 1. The molecule has 1 aliphatic heterocycles. The molecule has 0 aliphatic carbocycles. The van der Waals surface area contributed by atoms with Gasteiger partial charge in [0.1, 0.15) is 11.4 Å². The maximum atomic E-state index is 13.1. The fourth-order valence-corrected chi connectivity index (χ4v) is 3.07. The van der Waals surface area contributed by atoms with Crippen molar-refractivity contribution in [3.8, 4) is 0 Å². The van der Waals surface area contributed by atoms with E-state index in [0.29, 0.717) is 11.4 Å². The zero-order chi connectivity index (χ0) is 19.8. The molecule has 0 radical (unpaired) electrons. The van der Waals surface area contributed by atoms with Gasteiger partial charge >= 0.3 is 5.97 Å². The summed E-state index contributed by atoms with van der Waals surface area (Å²) in [6.45, 7) is 2.58. The number of benzene rings is 2. The summed E-state index contributed by atoms with van der Waals surface area (Å²) >= 11 is 5.83. The predicted octanol–water partition coefficient (Wildman–Crippen LogP) is 3.40. The summed E-state index contributed by atoms with van der Waals surface area (Å²) in [5.41, 5.74) is -0.237. The Morgan fingerprint density at radius 2 is 1.93 bits per heavy atom. The predicted molar refractivity (Wildman–Crippen MR) is 98.3 cm³/mol. The number of para-hydroxylation sites is 2. The average molecular weight is 391 g/mol. The number of ether oxygens (including phenoxy) is 1. The molecule has 0 bridgehead atoms. The van der Waals surface area contributed by atoms with Crippen LogP contribution < -0.4 is 10.2 Å². The number of carbonyl (C=O) groups excluding carboxylic acids is 3. The Morgan fingerprint density at radius 3 is 2.63 bits per heavy atom. The second kappa shape index (κ2) is 7.00. The lowest BCUT2D eigenvalue weighted by Crippen LogP contribution is -2.59. The third-order valence-electron chi connectivity index (χ3n) is 4.24. The van der Waals surface area contributed by atoms with Gasteiger partial charge in [0.2, 0.25) is 5.91 Å². The summed E-state index contributed by atoms with van der Waals surface area (Å²) < 4.78 is 18.1. The summed E-state index contributed by atoms with van der Waals surface area (Å²) in [7, 11) is 0. The molecule has 2 amide bonds. The lowest BCUT2D eigenvalue weighted by atomic mass is 9.96. The van der Waals surface area contributed by atoms with Gasteiger partial charge in [0, 0.05) is 0 Å². The third-order valence-corrected chi connectivity index (χ3v) is 4.55. The van der Waals surface area contributed by atoms with Crippen LogP contribution in [0.5, 0.6) is 0 Å². The molecular weight excluding hydrogens is 375 g/mol. The fraction of sp³-hybridized carbons (Fsp3) is 0.211. The molecule has 1 aliphatic rings. The van der Waals surface area contributed by atoms with Gasteiger partial charge in [-0.3, -0.25) is 14.5 Å². The van der Waals surface area contributed by atoms with E-state index in [-0.39, 0.29) is 16.5 Å². The molecular formula is C19H16ClFN2O4. The van der Waals surface area contributed by atoms with Gasteiger partial charge in [0.25, 0.3) is 5.91 Å². The van der Waals surface area contributed by atoms with Crippen molar-refractivity contribution in [3.05, 3.63) is 58.9 Å². The van der Waals surface area contributed by atoms with Crippen molar-refractivity contribution < 1.29 is 23.5 Å². The van der Waals surface area contributed by atoms with E-state index in [1.165, 1.54) is 11.0 Å². The molecule has 2 aromatic rings. The minimum Gasteiger partial charge on any atom is -0.452 e. The Kier molecular flexibility index (Phi) is 4.89. The van der Waals surface area contributed by atoms with Crippen LogP contribution >= 0.6 is 11.6 Å². The van der Waals surface area contributed by atoms with E-state index in [2.05, 4.69) is 5.32 Å². The minimum atomic E-state index is -1.18. The Morgan fingerprint density at radius 1 is 1.22 bits per heavy atom. The van der Waals surface area contributed by atoms with Crippen molar-refractivity contribution >= 4 is 40.8 Å². The molecule has 0 aromatic heterocycles. The van der Waals surface area contributed by atoms with Crippen LogP contribution in [0.4, 0.5) is 15.8 Å². The summed E-state index contributed by atoms with van der Waals surface area (Å²) in [6, 6.07) is 10.1. The van der Waals surface area contributed by atoms with Crippen molar-refractivity contribution in [1.82, 2.24) is 0 Å². The fourth-order valence-electron chi connectivity index (χ4n) is 2.82. The second-order valence-electron chi connectivity index (χ2n) is 6.46. The highest BCUT2D eigenvalue weighted by Gasteiger charge is 2.43. The summed E-state index contributed by atoms with van der Waals surface area (Å²) in [5.74, 6) is -2.39. The van der Waals surface area contributed by atoms with Crippen LogP contribution in [0.1, 0.15) is 24.2 Å². The van der Waals surface area contributed by atoms with Crippen LogP contribution in [0.3, 0.4) is 0 Å². The number of rotatable bonds is 3. The van der Waals surface area contributed by atoms with E-state index in [9.17, 15) is 18.8 Å². The van der Waals surface area contributed by atoms with E-state index in [1.54, 1.807) is 38.1 Å². The SMILES string of the molecule is CC1(C)C(=O)Nc2ccccc2N1C(=O)COC(=O)c1ccc(F)cc1Cl. The molecule has 0 atom stereocenters. The van der Waals surface area contributed by atoms with Gasteiger partial charge < -0.3 is 10.1 Å². The maximum Gasteiger partial charge on any atom is 0.340 e. The first-order valence-electron chi connectivity index (χ1n) is 8.07. The Bertz CT molecular complexity index is 945. The topological polar surface area (TPSA) is 75.7 Å². The average Bonchev–Trinajstić information content (AvgIpc) is 2.60. The number of hydrogen-bond donors (Lipinski definition) is 1. The molecule has 27 heavy (non-hydrogen) atoms. The van der Waals surface area contributed by atoms with Crippen molar-refractivity contribution in [3.63, 3.8) is 0 Å². The van der Waals surface area contributed by atoms with Gasteiger partial charge in [-0.1, -0.05) is 23.7 Å². The monoisotopic (exact) mass is 390 g/mol. The van der Waals surface area contributed by atoms with E-state index in [1.807, 2.05) is 0 Å². The van der Waals surface area contributed by atoms with Crippen LogP contribution in [0.15, 0.2) is 42.5 Å². The number of carbonyl (C=O) groups is 3. The molecule has 3 rings (SSSR count). The van der Waals surface area contributed by atoms with Crippen LogP contribution in [-0.2, 0) is 14.3 Å². The number of fused-ring (bicyclic) bond motifs is 1. The van der Waals surface area contributed by atoms with E-state index in [4.69, 9.17) is 16.3 Å². The van der Waals surface area contributed by atoms with Crippen molar-refractivity contribution in [2.45, 2.75) is 19.4 Å². The number of halogens is 2. The standard InChI is InChI=1S/C19H16ClFN2O4/c1-19(2)18(26)22-14-5-3-4-6-15(14)23(19)16(24)10-27-17(25)12-8-7-11(21)9-13(12)20/h3-9H,10H2,1-2H3,(H,22,26). The van der Waals surface area contributed by atoms with Crippen molar-refractivity contribution in [2.75, 3.05) is 16.8 Å². The normalized spacial score (nSPS) is 15.0. The Hall–Kier alpha value is -2.93. The van der Waals surface area contributed by atoms with Crippen LogP contribution in [0.2, 0.25) is 5.02 Å². The number of amides is 2. The third kappa shape index (κ3) is 3.50. The van der Waals surface area contributed by atoms with Crippen LogP contribution in [0.25, 0.3) is 0 Å². The molecule has 0 fully saturated rings. The second-order valence-corrected chi connectivity index (χ2v) is 6.87. The van der Waals surface area contributed by atoms with E-state index >= 15 is 0 Å². The summed E-state index contributed by atoms with van der Waals surface area (Å²) in [4.78, 5) is 38.6. The molecule has 1 heterocycles. The Labute approximate surface area is 159 Å². The number of esters is 1. The minimum absolute atomic E-state index is 0.0538. The number of anilines is 2. The summed E-state index contributed by atoms with van der Waals surface area (Å²) in [5, 5.41) is 2.63. The van der Waals surface area contributed by atoms with Gasteiger partial charge in [-0.15, -0.1) is 0 Å². The molecule has 0 unspecified atom stereocenters. The highest BCUT2D eigenvalue weighted by Crippen LogP contribution is 2.36. The number of hydrogen-bond acceptors (Lipinski definition) is 4. The van der Waals surface area contributed by atoms with Crippen molar-refractivity contribution in [1.29, 1.82) is 0 Å². The van der Waals surface area contributed by atoms with Crippen LogP contribution in [0, 0.1) is 5.82 Å². The van der Waals surface area contributed by atoms with Crippen LogP contribution in [-0.4, -0.2) is 29.9 Å². The van der Waals surface area contributed by atoms with Gasteiger partial charge in [-0.05, 0) is 44.2 Å². The first-order chi connectivity index (χ1) is 12.7. The molecule has 0 saturated heterocycles. The zero-order valence-corrected chi connectivity index (χ0v) is 15.3. The Balaban J connectivity index is 1.81. The molecule has 0 saturated carbocycles. The quantitative estimate of drug-likeness (QED) is 0.815. The van der Waals surface area contributed by atoms with Gasteiger partial charge in [0.15, 0.2) is 6.61 Å². The van der Waals surface area contributed by atoms with E-state index in [0.717, 1.165) is 12.1 Å². The molecule has 8 heteroatoms. The lowest BCUT2D eigenvalue weighted by molar-refractivity contribution is -0.128. The zero-order valence-electron chi connectivity index (χ0n) is 14.6.